The zero-order valence-corrected chi connectivity index (χ0v) is 12.2. The van der Waals surface area contributed by atoms with Crippen molar-refractivity contribution < 1.29 is 14.1 Å². The van der Waals surface area contributed by atoms with Gasteiger partial charge in [-0.2, -0.15) is 4.98 Å². The Morgan fingerprint density at radius 3 is 2.87 bits per heavy atom. The maximum absolute atomic E-state index is 12.4. The summed E-state index contributed by atoms with van der Waals surface area (Å²) in [6.45, 7) is 1.60. The number of nitrogens with zero attached hydrogens (tertiary/aromatic N) is 3. The van der Waals surface area contributed by atoms with E-state index >= 15 is 0 Å². The lowest BCUT2D eigenvalue weighted by atomic mass is 10.0. The molecule has 1 aromatic carbocycles. The van der Waals surface area contributed by atoms with Crippen molar-refractivity contribution in [3.63, 3.8) is 0 Å². The third-order valence-corrected chi connectivity index (χ3v) is 3.64. The lowest BCUT2D eigenvalue weighted by molar-refractivity contribution is -0.133. The van der Waals surface area contributed by atoms with Crippen molar-refractivity contribution in [3.8, 4) is 17.1 Å². The number of anilines is 1. The van der Waals surface area contributed by atoms with E-state index in [1.807, 2.05) is 12.1 Å². The molecule has 0 aliphatic carbocycles. The molecule has 0 fully saturated rings. The quantitative estimate of drug-likeness (QED) is 0.781. The zero-order valence-electron chi connectivity index (χ0n) is 12.2. The van der Waals surface area contributed by atoms with Crippen LogP contribution in [0.1, 0.15) is 12.8 Å². The SMILES string of the molecule is CC1(c2nc(-c3cccnc3)no2)Oc2ccccc2NC1=O. The van der Waals surface area contributed by atoms with Crippen LogP contribution in [0.2, 0.25) is 0 Å². The smallest absolute Gasteiger partial charge is 0.280 e. The number of benzene rings is 1. The molecule has 1 aliphatic rings. The summed E-state index contributed by atoms with van der Waals surface area (Å²) in [4.78, 5) is 20.8. The van der Waals surface area contributed by atoms with Crippen LogP contribution in [0.5, 0.6) is 5.75 Å². The first-order valence-corrected chi connectivity index (χ1v) is 7.01. The normalized spacial score (nSPS) is 19.6. The zero-order chi connectivity index (χ0) is 15.9. The van der Waals surface area contributed by atoms with E-state index in [9.17, 15) is 4.79 Å². The third kappa shape index (κ3) is 2.13. The summed E-state index contributed by atoms with van der Waals surface area (Å²) >= 11 is 0. The molecule has 1 atom stereocenters. The maximum Gasteiger partial charge on any atom is 0.280 e. The summed E-state index contributed by atoms with van der Waals surface area (Å²) in [7, 11) is 0. The highest BCUT2D eigenvalue weighted by molar-refractivity contribution is 6.00. The number of carbonyl (C=O) groups excluding carboxylic acids is 1. The highest BCUT2D eigenvalue weighted by Gasteiger charge is 2.47. The summed E-state index contributed by atoms with van der Waals surface area (Å²) in [5.41, 5.74) is -0.0772. The van der Waals surface area contributed by atoms with E-state index in [0.29, 0.717) is 22.8 Å². The van der Waals surface area contributed by atoms with E-state index in [0.717, 1.165) is 0 Å². The van der Waals surface area contributed by atoms with Gasteiger partial charge in [0.25, 0.3) is 17.4 Å². The molecule has 3 heterocycles. The minimum Gasteiger partial charge on any atom is -0.466 e. The van der Waals surface area contributed by atoms with Gasteiger partial charge in [0.2, 0.25) is 5.82 Å². The van der Waals surface area contributed by atoms with Crippen molar-refractivity contribution >= 4 is 11.6 Å². The van der Waals surface area contributed by atoms with Crippen LogP contribution in [0.4, 0.5) is 5.69 Å². The highest BCUT2D eigenvalue weighted by Crippen LogP contribution is 2.38. The number of pyridine rings is 1. The van der Waals surface area contributed by atoms with Crippen LogP contribution in [-0.4, -0.2) is 21.0 Å². The number of hydrogen-bond donors (Lipinski definition) is 1. The van der Waals surface area contributed by atoms with E-state index in [4.69, 9.17) is 9.26 Å². The van der Waals surface area contributed by atoms with Crippen molar-refractivity contribution in [1.29, 1.82) is 0 Å². The van der Waals surface area contributed by atoms with Crippen molar-refractivity contribution in [2.75, 3.05) is 5.32 Å². The number of carbonyl (C=O) groups is 1. The lowest BCUT2D eigenvalue weighted by Gasteiger charge is -2.31. The van der Waals surface area contributed by atoms with E-state index in [-0.39, 0.29) is 11.8 Å². The molecule has 1 amide bonds. The fourth-order valence-corrected chi connectivity index (χ4v) is 2.34. The van der Waals surface area contributed by atoms with Crippen molar-refractivity contribution in [2.45, 2.75) is 12.5 Å². The molecule has 0 radical (unpaired) electrons. The van der Waals surface area contributed by atoms with Crippen LogP contribution >= 0.6 is 0 Å². The largest absolute Gasteiger partial charge is 0.466 e. The Morgan fingerprint density at radius 1 is 1.17 bits per heavy atom. The second-order valence-electron chi connectivity index (χ2n) is 5.25. The third-order valence-electron chi connectivity index (χ3n) is 3.64. The maximum atomic E-state index is 12.4. The predicted molar refractivity (Wildman–Crippen MR) is 80.6 cm³/mol. The van der Waals surface area contributed by atoms with Gasteiger partial charge in [-0.05, 0) is 31.2 Å². The van der Waals surface area contributed by atoms with E-state index in [1.54, 1.807) is 43.6 Å². The Labute approximate surface area is 131 Å². The number of para-hydroxylation sites is 2. The van der Waals surface area contributed by atoms with E-state index in [2.05, 4.69) is 20.4 Å². The van der Waals surface area contributed by atoms with Gasteiger partial charge >= 0.3 is 0 Å². The van der Waals surface area contributed by atoms with Crippen molar-refractivity contribution in [3.05, 3.63) is 54.7 Å². The topological polar surface area (TPSA) is 90.1 Å². The van der Waals surface area contributed by atoms with Crippen LogP contribution in [0.25, 0.3) is 11.4 Å². The van der Waals surface area contributed by atoms with Crippen LogP contribution in [-0.2, 0) is 10.4 Å². The second kappa shape index (κ2) is 4.91. The molecule has 0 spiro atoms. The summed E-state index contributed by atoms with van der Waals surface area (Å²) in [6, 6.07) is 10.8. The number of amides is 1. The number of aromatic nitrogens is 3. The highest BCUT2D eigenvalue weighted by atomic mass is 16.5. The van der Waals surface area contributed by atoms with Gasteiger partial charge in [0, 0.05) is 18.0 Å². The van der Waals surface area contributed by atoms with E-state index < -0.39 is 5.60 Å². The van der Waals surface area contributed by atoms with Gasteiger partial charge in [-0.1, -0.05) is 17.3 Å². The monoisotopic (exact) mass is 308 g/mol. The molecule has 114 valence electrons. The molecule has 23 heavy (non-hydrogen) atoms. The average Bonchev–Trinajstić information content (AvgIpc) is 3.07. The van der Waals surface area contributed by atoms with Gasteiger partial charge in [-0.25, -0.2) is 0 Å². The van der Waals surface area contributed by atoms with Gasteiger partial charge in [0.05, 0.1) is 5.69 Å². The first-order chi connectivity index (χ1) is 11.2. The van der Waals surface area contributed by atoms with Crippen molar-refractivity contribution in [2.24, 2.45) is 0 Å². The number of nitrogens with one attached hydrogen (secondary N) is 1. The average molecular weight is 308 g/mol. The minimum absolute atomic E-state index is 0.0864. The number of rotatable bonds is 2. The van der Waals surface area contributed by atoms with E-state index in [1.165, 1.54) is 0 Å². The Balaban J connectivity index is 1.73. The molecule has 4 rings (SSSR count). The number of fused-ring (bicyclic) bond motifs is 1. The summed E-state index contributed by atoms with van der Waals surface area (Å²) in [6.07, 6.45) is 3.27. The Bertz CT molecular complexity index is 878. The molecule has 3 aromatic rings. The molecule has 2 aromatic heterocycles. The summed E-state index contributed by atoms with van der Waals surface area (Å²) in [5.74, 6) is 0.626. The Kier molecular flexibility index (Phi) is 2.87. The number of hydrogen-bond acceptors (Lipinski definition) is 6. The Hall–Kier alpha value is -3.22. The first-order valence-electron chi connectivity index (χ1n) is 7.01. The first kappa shape index (κ1) is 13.4. The molecule has 7 nitrogen and oxygen atoms in total. The number of ether oxygens (including phenoxy) is 1. The molecule has 1 aliphatic heterocycles. The van der Waals surface area contributed by atoms with Crippen molar-refractivity contribution in [1.82, 2.24) is 15.1 Å². The van der Waals surface area contributed by atoms with Gasteiger partial charge in [0.15, 0.2) is 0 Å². The van der Waals surface area contributed by atoms with Gasteiger partial charge in [-0.3, -0.25) is 9.78 Å². The minimum atomic E-state index is -1.39. The molecular weight excluding hydrogens is 296 g/mol. The van der Waals surface area contributed by atoms with Crippen LogP contribution in [0, 0.1) is 0 Å². The van der Waals surface area contributed by atoms with Crippen LogP contribution < -0.4 is 10.1 Å². The molecule has 1 unspecified atom stereocenters. The van der Waals surface area contributed by atoms with Gasteiger partial charge in [0.1, 0.15) is 5.75 Å². The Morgan fingerprint density at radius 2 is 2.04 bits per heavy atom. The molecule has 1 N–H and O–H groups in total. The molecular formula is C16H12N4O3. The molecule has 0 saturated heterocycles. The standard InChI is InChI=1S/C16H12N4O3/c1-16(14(21)18-11-6-2-3-7-12(11)22-16)15-19-13(20-23-15)10-5-4-8-17-9-10/h2-9H,1H3,(H,18,21). The second-order valence-corrected chi connectivity index (χ2v) is 5.25. The molecule has 0 saturated carbocycles. The summed E-state index contributed by atoms with van der Waals surface area (Å²) in [5, 5.41) is 6.71. The van der Waals surface area contributed by atoms with Crippen LogP contribution in [0.3, 0.4) is 0 Å². The predicted octanol–water partition coefficient (Wildman–Crippen LogP) is 2.38. The lowest BCUT2D eigenvalue weighted by Crippen LogP contribution is -2.46. The summed E-state index contributed by atoms with van der Waals surface area (Å²) < 4.78 is 11.1. The fourth-order valence-electron chi connectivity index (χ4n) is 2.34. The van der Waals surface area contributed by atoms with Gasteiger partial charge < -0.3 is 14.6 Å². The molecule has 7 heteroatoms. The molecule has 0 bridgehead atoms. The fraction of sp³-hybridized carbons (Fsp3) is 0.125. The van der Waals surface area contributed by atoms with Gasteiger partial charge in [-0.15, -0.1) is 0 Å². The van der Waals surface area contributed by atoms with Crippen LogP contribution in [0.15, 0.2) is 53.3 Å².